The number of anilines is 1. The first-order valence-corrected chi connectivity index (χ1v) is 13.2. The minimum atomic E-state index is -0.508. The molecule has 1 amide bonds. The zero-order valence-electron chi connectivity index (χ0n) is 22.1. The van der Waals surface area contributed by atoms with Crippen LogP contribution in [0.4, 0.5) is 5.82 Å². The number of fused-ring (bicyclic) bond motifs is 1. The number of aryl methyl sites for hydroxylation is 4. The summed E-state index contributed by atoms with van der Waals surface area (Å²) >= 11 is 0. The molecule has 0 bridgehead atoms. The molecule has 11 nitrogen and oxygen atoms in total. The van der Waals surface area contributed by atoms with Crippen molar-refractivity contribution in [1.82, 2.24) is 29.0 Å². The van der Waals surface area contributed by atoms with Gasteiger partial charge in [0.15, 0.2) is 0 Å². The quantitative estimate of drug-likeness (QED) is 0.487. The molecule has 1 aliphatic carbocycles. The van der Waals surface area contributed by atoms with Crippen molar-refractivity contribution >= 4 is 22.8 Å². The molecule has 0 spiro atoms. The van der Waals surface area contributed by atoms with Crippen molar-refractivity contribution < 1.29 is 4.79 Å². The summed E-state index contributed by atoms with van der Waals surface area (Å²) in [6.07, 6.45) is 4.01. The highest BCUT2D eigenvalue weighted by Crippen LogP contribution is 2.33. The predicted octanol–water partition coefficient (Wildman–Crippen LogP) is 1.04. The van der Waals surface area contributed by atoms with Crippen LogP contribution < -0.4 is 27.2 Å². The molecule has 1 saturated carbocycles. The molecular weight excluding hydrogens is 472 g/mol. The Balaban J connectivity index is 1.74. The summed E-state index contributed by atoms with van der Waals surface area (Å²) in [5.41, 5.74) is 7.95. The van der Waals surface area contributed by atoms with Gasteiger partial charge in [-0.1, -0.05) is 0 Å². The molecule has 4 heterocycles. The first-order chi connectivity index (χ1) is 17.7. The van der Waals surface area contributed by atoms with Crippen LogP contribution in [-0.2, 0) is 20.1 Å². The molecule has 37 heavy (non-hydrogen) atoms. The van der Waals surface area contributed by atoms with Gasteiger partial charge in [-0.3, -0.25) is 18.7 Å². The first-order valence-electron chi connectivity index (χ1n) is 13.2. The second kappa shape index (κ2) is 9.77. The fourth-order valence-corrected chi connectivity index (χ4v) is 5.47. The second-order valence-electron chi connectivity index (χ2n) is 10.4. The molecule has 3 N–H and O–H groups in total. The zero-order chi connectivity index (χ0) is 26.4. The minimum Gasteiger partial charge on any atom is -0.356 e. The largest absolute Gasteiger partial charge is 0.356 e. The Kier molecular flexibility index (Phi) is 6.65. The fourth-order valence-electron chi connectivity index (χ4n) is 5.47. The number of carbonyl (C=O) groups excluding carboxylic acids is 1. The number of hydrogen-bond donors (Lipinski definition) is 2. The Morgan fingerprint density at radius 3 is 2.43 bits per heavy atom. The van der Waals surface area contributed by atoms with Crippen molar-refractivity contribution in [3.63, 3.8) is 0 Å². The van der Waals surface area contributed by atoms with E-state index in [-0.39, 0.29) is 18.5 Å². The highest BCUT2D eigenvalue weighted by Gasteiger charge is 2.33. The zero-order valence-corrected chi connectivity index (χ0v) is 22.1. The summed E-state index contributed by atoms with van der Waals surface area (Å²) in [5.74, 6) is 1.29. The Morgan fingerprint density at radius 2 is 1.81 bits per heavy atom. The number of piperidine rings is 1. The van der Waals surface area contributed by atoms with Crippen LogP contribution in [-0.4, -0.2) is 55.3 Å². The van der Waals surface area contributed by atoms with E-state index in [4.69, 9.17) is 5.73 Å². The number of rotatable bonds is 7. The third kappa shape index (κ3) is 4.68. The van der Waals surface area contributed by atoms with Gasteiger partial charge in [0.05, 0.1) is 12.1 Å². The van der Waals surface area contributed by atoms with Crippen LogP contribution in [0.15, 0.2) is 15.7 Å². The normalized spacial score (nSPS) is 18.0. The minimum absolute atomic E-state index is 0.0263. The monoisotopic (exact) mass is 508 g/mol. The number of hydrogen-bond acceptors (Lipinski definition) is 7. The molecule has 0 aromatic carbocycles. The lowest BCUT2D eigenvalue weighted by Gasteiger charge is -2.33. The summed E-state index contributed by atoms with van der Waals surface area (Å²) in [7, 11) is 1.62. The molecule has 1 saturated heterocycles. The fraction of sp³-hybridized carbons (Fsp3) is 0.577. The second-order valence-corrected chi connectivity index (χ2v) is 10.4. The van der Waals surface area contributed by atoms with Crippen LogP contribution in [0.1, 0.15) is 60.2 Å². The Morgan fingerprint density at radius 1 is 1.11 bits per heavy atom. The Bertz CT molecular complexity index is 1460. The van der Waals surface area contributed by atoms with Gasteiger partial charge in [0.1, 0.15) is 22.7 Å². The van der Waals surface area contributed by atoms with Gasteiger partial charge < -0.3 is 20.5 Å². The summed E-state index contributed by atoms with van der Waals surface area (Å²) in [4.78, 5) is 52.2. The van der Waals surface area contributed by atoms with E-state index in [9.17, 15) is 14.4 Å². The van der Waals surface area contributed by atoms with E-state index in [2.05, 4.69) is 20.2 Å². The maximum Gasteiger partial charge on any atom is 0.331 e. The van der Waals surface area contributed by atoms with Crippen molar-refractivity contribution in [3.05, 3.63) is 49.7 Å². The number of carbonyl (C=O) groups is 1. The molecule has 11 heteroatoms. The van der Waals surface area contributed by atoms with E-state index < -0.39 is 11.2 Å². The number of amides is 1. The number of nitrogens with one attached hydrogen (secondary N) is 1. The van der Waals surface area contributed by atoms with Gasteiger partial charge in [-0.2, -0.15) is 0 Å². The first kappa shape index (κ1) is 25.2. The average Bonchev–Trinajstić information content (AvgIpc) is 3.61. The van der Waals surface area contributed by atoms with Crippen LogP contribution in [0.2, 0.25) is 0 Å². The van der Waals surface area contributed by atoms with Crippen LogP contribution in [0, 0.1) is 19.8 Å². The maximum atomic E-state index is 14.0. The van der Waals surface area contributed by atoms with E-state index in [0.717, 1.165) is 43.6 Å². The van der Waals surface area contributed by atoms with Crippen molar-refractivity contribution in [1.29, 1.82) is 0 Å². The van der Waals surface area contributed by atoms with E-state index in [0.29, 0.717) is 53.8 Å². The van der Waals surface area contributed by atoms with E-state index in [1.165, 1.54) is 9.13 Å². The highest BCUT2D eigenvalue weighted by atomic mass is 16.2. The number of aromatic nitrogens is 5. The summed E-state index contributed by atoms with van der Waals surface area (Å²) in [5, 5.41) is 3.06. The van der Waals surface area contributed by atoms with Crippen LogP contribution in [0.3, 0.4) is 0 Å². The Hall–Kier alpha value is -3.47. The molecular formula is C26H36N8O3. The topological polar surface area (TPSA) is 133 Å². The van der Waals surface area contributed by atoms with Crippen LogP contribution >= 0.6 is 0 Å². The van der Waals surface area contributed by atoms with Crippen molar-refractivity contribution in [2.75, 3.05) is 24.5 Å². The van der Waals surface area contributed by atoms with Gasteiger partial charge in [0, 0.05) is 50.7 Å². The Labute approximate surface area is 215 Å². The molecule has 0 radical (unpaired) electrons. The van der Waals surface area contributed by atoms with Gasteiger partial charge in [0.2, 0.25) is 0 Å². The summed E-state index contributed by atoms with van der Waals surface area (Å²) in [6.45, 7) is 7.96. The number of nitrogens with zero attached hydrogens (tertiary/aromatic N) is 6. The van der Waals surface area contributed by atoms with Gasteiger partial charge in [-0.05, 0) is 58.4 Å². The van der Waals surface area contributed by atoms with Crippen molar-refractivity contribution in [2.24, 2.45) is 18.7 Å². The smallest absolute Gasteiger partial charge is 0.331 e. The lowest BCUT2D eigenvalue weighted by Crippen LogP contribution is -2.44. The van der Waals surface area contributed by atoms with Crippen LogP contribution in [0.25, 0.3) is 11.0 Å². The van der Waals surface area contributed by atoms with E-state index in [1.54, 1.807) is 7.05 Å². The van der Waals surface area contributed by atoms with Gasteiger partial charge in [-0.25, -0.2) is 14.8 Å². The SMILES string of the molecule is CCn1c(N2CCC[C@@H](N)C2)c(C(=O)NCC2CC2)c2c1c(=O)n(Cc1nc(C)cc(C)n1)c(=O)n2C. The molecule has 1 aliphatic heterocycles. The van der Waals surface area contributed by atoms with Crippen LogP contribution in [0.5, 0.6) is 0 Å². The molecule has 198 valence electrons. The molecule has 2 aliphatic rings. The van der Waals surface area contributed by atoms with Crippen molar-refractivity contribution in [3.8, 4) is 0 Å². The van der Waals surface area contributed by atoms with Crippen molar-refractivity contribution in [2.45, 2.75) is 65.6 Å². The third-order valence-electron chi connectivity index (χ3n) is 7.39. The standard InChI is InChI=1S/C26H36N8O3/c1-5-33-22-21(31(4)26(37)34(25(22)36)14-19-29-15(2)11-16(3)30-19)20(23(35)28-12-17-8-9-17)24(33)32-10-6-7-18(27)13-32/h11,17-18H,5-10,12-14,27H2,1-4H3,(H,28,35)/t18-/m1/s1. The highest BCUT2D eigenvalue weighted by molar-refractivity contribution is 6.11. The summed E-state index contributed by atoms with van der Waals surface area (Å²) < 4.78 is 4.46. The van der Waals surface area contributed by atoms with Gasteiger partial charge >= 0.3 is 5.69 Å². The van der Waals surface area contributed by atoms with E-state index in [1.807, 2.05) is 31.4 Å². The van der Waals surface area contributed by atoms with E-state index >= 15 is 0 Å². The van der Waals surface area contributed by atoms with Gasteiger partial charge in [0.25, 0.3) is 11.5 Å². The lowest BCUT2D eigenvalue weighted by atomic mass is 10.1. The third-order valence-corrected chi connectivity index (χ3v) is 7.39. The van der Waals surface area contributed by atoms with Gasteiger partial charge in [-0.15, -0.1) is 0 Å². The summed E-state index contributed by atoms with van der Waals surface area (Å²) in [6, 6.07) is 1.82. The molecule has 3 aromatic heterocycles. The molecule has 5 rings (SSSR count). The molecule has 3 aromatic rings. The molecule has 0 unspecified atom stereocenters. The average molecular weight is 509 g/mol. The lowest BCUT2D eigenvalue weighted by molar-refractivity contribution is 0.0953. The predicted molar refractivity (Wildman–Crippen MR) is 142 cm³/mol. The molecule has 2 fully saturated rings. The molecule has 1 atom stereocenters. The number of nitrogens with two attached hydrogens (primary N) is 1. The maximum absolute atomic E-state index is 14.0.